The maximum absolute atomic E-state index is 2.58. The van der Waals surface area contributed by atoms with Gasteiger partial charge in [-0.3, -0.25) is 0 Å². The molecule has 14 heavy (non-hydrogen) atoms. The van der Waals surface area contributed by atoms with Crippen LogP contribution < -0.4 is 9.69 Å². The van der Waals surface area contributed by atoms with Gasteiger partial charge in [0.15, 0.2) is 12.4 Å². The van der Waals surface area contributed by atoms with Gasteiger partial charge in [-0.25, -0.2) is 0 Å². The third-order valence-electron chi connectivity index (χ3n) is 4.32. The van der Waals surface area contributed by atoms with Crippen molar-refractivity contribution in [3.05, 3.63) is 30.6 Å². The molecule has 1 aromatic rings. The minimum Gasteiger partial charge on any atom is -0.170 e. The first-order valence-electron chi connectivity index (χ1n) is 5.70. The highest BCUT2D eigenvalue weighted by Gasteiger charge is 2.68. The molecule has 0 radical (unpaired) electrons. The molecule has 2 aliphatic carbocycles. The largest absolute Gasteiger partial charge is 0.199 e. The smallest absolute Gasteiger partial charge is 0.170 e. The van der Waals surface area contributed by atoms with Gasteiger partial charge in [-0.15, -0.1) is 0 Å². The van der Waals surface area contributed by atoms with Gasteiger partial charge >= 0.3 is 0 Å². The molecule has 0 spiro atoms. The van der Waals surface area contributed by atoms with Crippen molar-refractivity contribution in [1.82, 2.24) is 0 Å². The fourth-order valence-electron chi connectivity index (χ4n) is 3.77. The van der Waals surface area contributed by atoms with E-state index in [9.17, 15) is 0 Å². The SMILES string of the molecule is c1cc[n+](N2C3C4CCC(C4)C32)cc1. The second-order valence-corrected chi connectivity index (χ2v) is 4.95. The molecule has 3 fully saturated rings. The average Bonchev–Trinajstić information content (AvgIpc) is 2.69. The van der Waals surface area contributed by atoms with Gasteiger partial charge in [0.05, 0.1) is 0 Å². The molecule has 3 aliphatic rings. The van der Waals surface area contributed by atoms with Gasteiger partial charge in [0, 0.05) is 12.1 Å². The Labute approximate surface area is 84.1 Å². The first-order chi connectivity index (χ1) is 6.95. The first kappa shape index (κ1) is 7.27. The van der Waals surface area contributed by atoms with Gasteiger partial charge < -0.3 is 0 Å². The van der Waals surface area contributed by atoms with Crippen LogP contribution >= 0.6 is 0 Å². The minimum absolute atomic E-state index is 0.890. The standard InChI is InChI=1S/C12H15N2/c1-2-6-13(7-3-1)14-11-9-4-5-10(8-9)12(11)14/h1-3,6-7,9-12H,4-5,8H2/q+1. The lowest BCUT2D eigenvalue weighted by Crippen LogP contribution is -2.48. The van der Waals surface area contributed by atoms with Crippen molar-refractivity contribution in [2.24, 2.45) is 11.8 Å². The predicted octanol–water partition coefficient (Wildman–Crippen LogP) is 1.09. The fourth-order valence-corrected chi connectivity index (χ4v) is 3.77. The third-order valence-corrected chi connectivity index (χ3v) is 4.32. The Morgan fingerprint density at radius 2 is 1.57 bits per heavy atom. The van der Waals surface area contributed by atoms with E-state index in [2.05, 4.69) is 40.3 Å². The first-order valence-corrected chi connectivity index (χ1v) is 5.70. The highest BCUT2D eigenvalue weighted by Crippen LogP contribution is 2.55. The van der Waals surface area contributed by atoms with E-state index in [0.29, 0.717) is 0 Å². The molecular weight excluding hydrogens is 172 g/mol. The van der Waals surface area contributed by atoms with Crippen LogP contribution in [0.5, 0.6) is 0 Å². The summed E-state index contributed by atoms with van der Waals surface area (Å²) >= 11 is 0. The Balaban J connectivity index is 1.67. The molecule has 1 aromatic heterocycles. The Morgan fingerprint density at radius 1 is 0.929 bits per heavy atom. The Hall–Kier alpha value is -1.05. The molecule has 1 saturated heterocycles. The minimum atomic E-state index is 0.890. The molecule has 2 heteroatoms. The van der Waals surface area contributed by atoms with E-state index in [0.717, 1.165) is 23.9 Å². The zero-order valence-electron chi connectivity index (χ0n) is 8.21. The summed E-state index contributed by atoms with van der Waals surface area (Å²) in [5.41, 5.74) is 0. The second-order valence-electron chi connectivity index (χ2n) is 4.95. The molecule has 1 aliphatic heterocycles. The van der Waals surface area contributed by atoms with Crippen molar-refractivity contribution < 1.29 is 4.68 Å². The Morgan fingerprint density at radius 3 is 2.21 bits per heavy atom. The van der Waals surface area contributed by atoms with Crippen LogP contribution in [0.4, 0.5) is 0 Å². The molecule has 0 N–H and O–H groups in total. The lowest BCUT2D eigenvalue weighted by molar-refractivity contribution is -0.680. The number of rotatable bonds is 1. The van der Waals surface area contributed by atoms with Crippen molar-refractivity contribution in [2.75, 3.05) is 5.01 Å². The van der Waals surface area contributed by atoms with Gasteiger partial charge in [-0.1, -0.05) is 10.7 Å². The van der Waals surface area contributed by atoms with Crippen molar-refractivity contribution in [3.8, 4) is 0 Å². The zero-order chi connectivity index (χ0) is 9.12. The Kier molecular flexibility index (Phi) is 1.20. The van der Waals surface area contributed by atoms with Gasteiger partial charge in [0.1, 0.15) is 12.1 Å². The molecule has 4 atom stereocenters. The molecule has 4 rings (SSSR count). The van der Waals surface area contributed by atoms with E-state index in [1.165, 1.54) is 19.3 Å². The maximum Gasteiger partial charge on any atom is 0.199 e. The number of nitrogens with zero attached hydrogens (tertiary/aromatic N) is 2. The lowest BCUT2D eigenvalue weighted by Gasteiger charge is -2.07. The molecular formula is C12H15N2+. The maximum atomic E-state index is 2.58. The number of fused-ring (bicyclic) bond motifs is 5. The van der Waals surface area contributed by atoms with Crippen LogP contribution in [0.1, 0.15) is 19.3 Å². The summed E-state index contributed by atoms with van der Waals surface area (Å²) in [6.07, 6.45) is 8.83. The Bertz CT molecular complexity index is 346. The van der Waals surface area contributed by atoms with Crippen LogP contribution in [0, 0.1) is 11.8 Å². The van der Waals surface area contributed by atoms with Crippen LogP contribution in [-0.4, -0.2) is 12.1 Å². The van der Waals surface area contributed by atoms with E-state index in [1.54, 1.807) is 0 Å². The summed E-state index contributed by atoms with van der Waals surface area (Å²) in [7, 11) is 0. The third kappa shape index (κ3) is 0.753. The van der Waals surface area contributed by atoms with Gasteiger partial charge in [0.2, 0.25) is 0 Å². The average molecular weight is 187 g/mol. The predicted molar refractivity (Wildman–Crippen MR) is 53.3 cm³/mol. The molecule has 2 heterocycles. The summed E-state index contributed by atoms with van der Waals surface area (Å²) in [4.78, 5) is 0. The quantitative estimate of drug-likeness (QED) is 0.471. The molecule has 2 bridgehead atoms. The molecule has 2 nitrogen and oxygen atoms in total. The summed E-state index contributed by atoms with van der Waals surface area (Å²) < 4.78 is 2.29. The summed E-state index contributed by atoms with van der Waals surface area (Å²) in [6.45, 7) is 0. The van der Waals surface area contributed by atoms with Crippen LogP contribution in [0.15, 0.2) is 30.6 Å². The zero-order valence-corrected chi connectivity index (χ0v) is 8.21. The lowest BCUT2D eigenvalue weighted by atomic mass is 10.0. The van der Waals surface area contributed by atoms with Gasteiger partial charge in [0.25, 0.3) is 0 Å². The topological polar surface area (TPSA) is 6.89 Å². The number of aromatic nitrogens is 1. The molecule has 0 amide bonds. The monoisotopic (exact) mass is 187 g/mol. The summed E-state index contributed by atoms with van der Waals surface area (Å²) in [5, 5.41) is 2.58. The van der Waals surface area contributed by atoms with Crippen LogP contribution in [-0.2, 0) is 0 Å². The number of pyridine rings is 1. The molecule has 0 aromatic carbocycles. The molecule has 4 unspecified atom stereocenters. The van der Waals surface area contributed by atoms with E-state index < -0.39 is 0 Å². The summed E-state index contributed by atoms with van der Waals surface area (Å²) in [6, 6.07) is 8.11. The van der Waals surface area contributed by atoms with Crippen molar-refractivity contribution in [2.45, 2.75) is 31.3 Å². The van der Waals surface area contributed by atoms with Gasteiger partial charge in [-0.2, -0.15) is 5.01 Å². The van der Waals surface area contributed by atoms with E-state index >= 15 is 0 Å². The second kappa shape index (κ2) is 2.30. The van der Waals surface area contributed by atoms with Crippen LogP contribution in [0.25, 0.3) is 0 Å². The van der Waals surface area contributed by atoms with E-state index in [-0.39, 0.29) is 0 Å². The van der Waals surface area contributed by atoms with E-state index in [4.69, 9.17) is 0 Å². The van der Waals surface area contributed by atoms with Gasteiger partial charge in [-0.05, 0) is 31.1 Å². The van der Waals surface area contributed by atoms with Crippen molar-refractivity contribution in [1.29, 1.82) is 0 Å². The highest BCUT2D eigenvalue weighted by molar-refractivity contribution is 5.28. The summed E-state index contributed by atoms with van der Waals surface area (Å²) in [5.74, 6) is 2.02. The van der Waals surface area contributed by atoms with Crippen molar-refractivity contribution in [3.63, 3.8) is 0 Å². The molecule has 2 saturated carbocycles. The van der Waals surface area contributed by atoms with Crippen molar-refractivity contribution >= 4 is 0 Å². The van der Waals surface area contributed by atoms with Crippen LogP contribution in [0.2, 0.25) is 0 Å². The van der Waals surface area contributed by atoms with Crippen LogP contribution in [0.3, 0.4) is 0 Å². The normalized spacial score (nSPS) is 42.7. The highest BCUT2D eigenvalue weighted by atomic mass is 15.7. The number of hydrogen-bond acceptors (Lipinski definition) is 1. The fraction of sp³-hybridized carbons (Fsp3) is 0.583. The van der Waals surface area contributed by atoms with E-state index in [1.807, 2.05) is 0 Å². The number of hydrogen-bond donors (Lipinski definition) is 0. The molecule has 72 valence electrons. The number of piperidine rings is 1.